The molecule has 5 nitrogen and oxygen atoms in total. The minimum Gasteiger partial charge on any atom is -0.492 e. The molecule has 1 amide bonds. The average molecular weight is 401 g/mol. The largest absolute Gasteiger partial charge is 0.492 e. The molecule has 1 fully saturated rings. The number of nitrogens with one attached hydrogen (secondary N) is 1. The Labute approximate surface area is 171 Å². The first-order chi connectivity index (χ1) is 13.7. The van der Waals surface area contributed by atoms with Crippen LogP contribution in [0.2, 0.25) is 0 Å². The lowest BCUT2D eigenvalue weighted by molar-refractivity contribution is -0.118. The van der Waals surface area contributed by atoms with Gasteiger partial charge in [0.15, 0.2) is 0 Å². The number of ether oxygens (including phenoxy) is 2. The summed E-state index contributed by atoms with van der Waals surface area (Å²) in [5, 5.41) is 2.98. The molecule has 6 heteroatoms. The minimum absolute atomic E-state index is 0.0317. The first-order valence-electron chi connectivity index (χ1n) is 9.67. The van der Waals surface area contributed by atoms with E-state index in [1.54, 1.807) is 11.8 Å². The van der Waals surface area contributed by atoms with Crippen molar-refractivity contribution >= 4 is 17.7 Å². The number of rotatable bonds is 9. The highest BCUT2D eigenvalue weighted by atomic mass is 32.2. The molecule has 0 unspecified atom stereocenters. The number of benzene rings is 2. The second kappa shape index (κ2) is 11.1. The third kappa shape index (κ3) is 7.19. The standard InChI is InChI=1S/C22H28N2O3S/c1-18-5-7-21(8-6-18)28-17-22(25)23-16-19-3-2-4-20(15-19)27-14-11-24-9-12-26-13-10-24/h2-8,15H,9-14,16-17H2,1H3,(H,23,25). The number of amides is 1. The van der Waals surface area contributed by atoms with Crippen molar-refractivity contribution in [3.8, 4) is 5.75 Å². The van der Waals surface area contributed by atoms with Crippen LogP contribution in [0.4, 0.5) is 0 Å². The van der Waals surface area contributed by atoms with Crippen molar-refractivity contribution in [3.63, 3.8) is 0 Å². The average Bonchev–Trinajstić information content (AvgIpc) is 2.73. The number of hydrogen-bond donors (Lipinski definition) is 1. The molecule has 0 atom stereocenters. The Hall–Kier alpha value is -2.02. The zero-order valence-corrected chi connectivity index (χ0v) is 17.2. The highest BCUT2D eigenvalue weighted by Crippen LogP contribution is 2.18. The van der Waals surface area contributed by atoms with E-state index in [0.717, 1.165) is 49.1 Å². The molecule has 1 aliphatic heterocycles. The van der Waals surface area contributed by atoms with Gasteiger partial charge in [-0.25, -0.2) is 0 Å². The van der Waals surface area contributed by atoms with E-state index in [1.165, 1.54) is 5.56 Å². The number of nitrogens with zero attached hydrogens (tertiary/aromatic N) is 1. The summed E-state index contributed by atoms with van der Waals surface area (Å²) in [4.78, 5) is 15.6. The van der Waals surface area contributed by atoms with Crippen LogP contribution in [-0.4, -0.2) is 56.0 Å². The Morgan fingerprint density at radius 1 is 1.18 bits per heavy atom. The molecule has 0 spiro atoms. The van der Waals surface area contributed by atoms with Crippen molar-refractivity contribution in [1.82, 2.24) is 10.2 Å². The van der Waals surface area contributed by atoms with E-state index in [4.69, 9.17) is 9.47 Å². The Bertz CT molecular complexity index is 746. The molecule has 0 aromatic heterocycles. The van der Waals surface area contributed by atoms with Crippen LogP contribution in [-0.2, 0) is 16.1 Å². The van der Waals surface area contributed by atoms with Gasteiger partial charge in [0.25, 0.3) is 0 Å². The van der Waals surface area contributed by atoms with E-state index in [9.17, 15) is 4.79 Å². The van der Waals surface area contributed by atoms with Crippen LogP contribution in [0.15, 0.2) is 53.4 Å². The molecule has 1 aliphatic rings. The van der Waals surface area contributed by atoms with Gasteiger partial charge in [-0.1, -0.05) is 29.8 Å². The van der Waals surface area contributed by atoms with Crippen molar-refractivity contribution in [3.05, 3.63) is 59.7 Å². The zero-order chi connectivity index (χ0) is 19.6. The lowest BCUT2D eigenvalue weighted by atomic mass is 10.2. The summed E-state index contributed by atoms with van der Waals surface area (Å²) in [6, 6.07) is 16.1. The van der Waals surface area contributed by atoms with Gasteiger partial charge in [-0.2, -0.15) is 0 Å². The molecule has 0 radical (unpaired) electrons. The first kappa shape index (κ1) is 20.7. The van der Waals surface area contributed by atoms with Crippen molar-refractivity contribution in [2.24, 2.45) is 0 Å². The van der Waals surface area contributed by atoms with Crippen molar-refractivity contribution in [1.29, 1.82) is 0 Å². The first-order valence-corrected chi connectivity index (χ1v) is 10.7. The summed E-state index contributed by atoms with van der Waals surface area (Å²) in [6.45, 7) is 7.67. The maximum atomic E-state index is 12.1. The number of carbonyl (C=O) groups excluding carboxylic acids is 1. The SMILES string of the molecule is Cc1ccc(SCC(=O)NCc2cccc(OCCN3CCOCC3)c2)cc1. The summed E-state index contributed by atoms with van der Waals surface area (Å²) >= 11 is 1.55. The van der Waals surface area contributed by atoms with Crippen LogP contribution in [0.3, 0.4) is 0 Å². The van der Waals surface area contributed by atoms with Gasteiger partial charge in [0.2, 0.25) is 5.91 Å². The Kier molecular flexibility index (Phi) is 8.21. The highest BCUT2D eigenvalue weighted by molar-refractivity contribution is 8.00. The van der Waals surface area contributed by atoms with E-state index in [-0.39, 0.29) is 5.91 Å². The molecule has 2 aromatic rings. The number of hydrogen-bond acceptors (Lipinski definition) is 5. The molecular weight excluding hydrogens is 372 g/mol. The fourth-order valence-electron chi connectivity index (χ4n) is 2.90. The Balaban J connectivity index is 1.37. The normalized spacial score (nSPS) is 14.6. The fourth-order valence-corrected chi connectivity index (χ4v) is 3.63. The molecule has 0 bridgehead atoms. The van der Waals surface area contributed by atoms with Crippen LogP contribution >= 0.6 is 11.8 Å². The van der Waals surface area contributed by atoms with Gasteiger partial charge in [-0.05, 0) is 36.8 Å². The summed E-state index contributed by atoms with van der Waals surface area (Å²) in [5.41, 5.74) is 2.26. The van der Waals surface area contributed by atoms with Crippen LogP contribution < -0.4 is 10.1 Å². The molecule has 2 aromatic carbocycles. The summed E-state index contributed by atoms with van der Waals surface area (Å²) in [5.74, 6) is 1.29. The minimum atomic E-state index is 0.0317. The highest BCUT2D eigenvalue weighted by Gasteiger charge is 2.10. The Morgan fingerprint density at radius 3 is 2.75 bits per heavy atom. The van der Waals surface area contributed by atoms with Gasteiger partial charge in [0.05, 0.1) is 19.0 Å². The molecule has 3 rings (SSSR count). The summed E-state index contributed by atoms with van der Waals surface area (Å²) in [6.07, 6.45) is 0. The van der Waals surface area contributed by atoms with E-state index in [2.05, 4.69) is 29.3 Å². The zero-order valence-electron chi connectivity index (χ0n) is 16.4. The van der Waals surface area contributed by atoms with E-state index in [1.807, 2.05) is 36.4 Å². The van der Waals surface area contributed by atoms with Crippen LogP contribution in [0, 0.1) is 6.92 Å². The third-order valence-corrected chi connectivity index (χ3v) is 5.57. The number of thioether (sulfide) groups is 1. The van der Waals surface area contributed by atoms with Gasteiger partial charge in [0.1, 0.15) is 12.4 Å². The molecular formula is C22H28N2O3S. The summed E-state index contributed by atoms with van der Waals surface area (Å²) in [7, 11) is 0. The topological polar surface area (TPSA) is 50.8 Å². The van der Waals surface area contributed by atoms with Crippen LogP contribution in [0.25, 0.3) is 0 Å². The third-order valence-electron chi connectivity index (χ3n) is 4.56. The molecule has 1 heterocycles. The molecule has 150 valence electrons. The predicted octanol–water partition coefficient (Wildman–Crippen LogP) is 3.11. The molecule has 0 saturated carbocycles. The molecule has 0 aliphatic carbocycles. The van der Waals surface area contributed by atoms with Crippen molar-refractivity contribution in [2.75, 3.05) is 45.2 Å². The predicted molar refractivity (Wildman–Crippen MR) is 113 cm³/mol. The van der Waals surface area contributed by atoms with E-state index in [0.29, 0.717) is 18.9 Å². The van der Waals surface area contributed by atoms with Gasteiger partial charge in [-0.15, -0.1) is 11.8 Å². The van der Waals surface area contributed by atoms with Crippen molar-refractivity contribution < 1.29 is 14.3 Å². The van der Waals surface area contributed by atoms with Crippen molar-refractivity contribution in [2.45, 2.75) is 18.4 Å². The maximum Gasteiger partial charge on any atom is 0.230 e. The fraction of sp³-hybridized carbons (Fsp3) is 0.409. The van der Waals surface area contributed by atoms with Gasteiger partial charge in [0, 0.05) is 31.1 Å². The second-order valence-electron chi connectivity index (χ2n) is 6.83. The molecule has 1 saturated heterocycles. The summed E-state index contributed by atoms with van der Waals surface area (Å²) < 4.78 is 11.2. The molecule has 1 N–H and O–H groups in total. The van der Waals surface area contributed by atoms with E-state index < -0.39 is 0 Å². The smallest absolute Gasteiger partial charge is 0.230 e. The number of aryl methyl sites for hydroxylation is 1. The number of carbonyl (C=O) groups is 1. The van der Waals surface area contributed by atoms with Crippen LogP contribution in [0.5, 0.6) is 5.75 Å². The number of morpholine rings is 1. The maximum absolute atomic E-state index is 12.1. The van der Waals surface area contributed by atoms with Gasteiger partial charge >= 0.3 is 0 Å². The van der Waals surface area contributed by atoms with E-state index >= 15 is 0 Å². The lowest BCUT2D eigenvalue weighted by Crippen LogP contribution is -2.38. The Morgan fingerprint density at radius 2 is 1.96 bits per heavy atom. The quantitative estimate of drug-likeness (QED) is 0.656. The lowest BCUT2D eigenvalue weighted by Gasteiger charge is -2.26. The van der Waals surface area contributed by atoms with Gasteiger partial charge in [-0.3, -0.25) is 9.69 Å². The second-order valence-corrected chi connectivity index (χ2v) is 7.88. The molecule has 28 heavy (non-hydrogen) atoms. The van der Waals surface area contributed by atoms with Crippen LogP contribution in [0.1, 0.15) is 11.1 Å². The monoisotopic (exact) mass is 400 g/mol. The van der Waals surface area contributed by atoms with Gasteiger partial charge < -0.3 is 14.8 Å².